The zero-order valence-electron chi connectivity index (χ0n) is 15.3. The third-order valence-corrected chi connectivity index (χ3v) is 5.79. The van der Waals surface area contributed by atoms with Crippen molar-refractivity contribution in [2.75, 3.05) is 0 Å². The fraction of sp³-hybridized carbons (Fsp3) is 0.130. The lowest BCUT2D eigenvalue weighted by atomic mass is 10.1. The molecule has 3 aromatic carbocycles. The third-order valence-electron chi connectivity index (χ3n) is 4.65. The summed E-state index contributed by atoms with van der Waals surface area (Å²) in [6, 6.07) is 23.9. The Bertz CT molecular complexity index is 1030. The Labute approximate surface area is 163 Å². The monoisotopic (exact) mass is 372 g/mol. The number of nitrogens with zero attached hydrogens (tertiary/aromatic N) is 1. The SMILES string of the molecule is CC1=Nc2cc(C(=O)N[C@@H](C)c3ccccc3)ccc2Sc2ccccc21. The van der Waals surface area contributed by atoms with Crippen molar-refractivity contribution in [2.45, 2.75) is 29.7 Å². The molecule has 4 heteroatoms. The maximum absolute atomic E-state index is 12.7. The minimum atomic E-state index is -0.0891. The van der Waals surface area contributed by atoms with Crippen LogP contribution >= 0.6 is 11.8 Å². The highest BCUT2D eigenvalue weighted by Crippen LogP contribution is 2.40. The van der Waals surface area contributed by atoms with Crippen LogP contribution in [-0.2, 0) is 0 Å². The molecule has 1 atom stereocenters. The average molecular weight is 372 g/mol. The number of fused-ring (bicyclic) bond motifs is 2. The molecule has 0 radical (unpaired) electrons. The molecule has 1 aliphatic rings. The molecule has 4 rings (SSSR count). The Morgan fingerprint density at radius 1 is 0.963 bits per heavy atom. The Kier molecular flexibility index (Phi) is 4.82. The largest absolute Gasteiger partial charge is 0.346 e. The van der Waals surface area contributed by atoms with E-state index in [1.54, 1.807) is 11.8 Å². The van der Waals surface area contributed by atoms with Gasteiger partial charge in [-0.2, -0.15) is 0 Å². The summed E-state index contributed by atoms with van der Waals surface area (Å²) in [7, 11) is 0. The van der Waals surface area contributed by atoms with E-state index >= 15 is 0 Å². The normalized spacial score (nSPS) is 13.6. The molecule has 0 bridgehead atoms. The summed E-state index contributed by atoms with van der Waals surface area (Å²) in [5.41, 5.74) is 4.66. The summed E-state index contributed by atoms with van der Waals surface area (Å²) in [4.78, 5) is 19.8. The van der Waals surface area contributed by atoms with E-state index in [1.807, 2.05) is 74.5 Å². The first-order valence-electron chi connectivity index (χ1n) is 8.94. The molecule has 1 heterocycles. The van der Waals surface area contributed by atoms with Gasteiger partial charge < -0.3 is 5.32 Å². The highest BCUT2D eigenvalue weighted by molar-refractivity contribution is 7.99. The number of hydrogen-bond acceptors (Lipinski definition) is 3. The van der Waals surface area contributed by atoms with E-state index in [9.17, 15) is 4.79 Å². The Morgan fingerprint density at radius 3 is 2.52 bits per heavy atom. The standard InChI is InChI=1S/C23H20N2OS/c1-15(17-8-4-3-5-9-17)25-23(26)18-12-13-22-20(14-18)24-16(2)19-10-6-7-11-21(19)27-22/h3-15H,1-2H3,(H,25,26)/t15-/m0/s1. The summed E-state index contributed by atoms with van der Waals surface area (Å²) in [6.07, 6.45) is 0. The molecule has 0 saturated heterocycles. The highest BCUT2D eigenvalue weighted by Gasteiger charge is 2.17. The summed E-state index contributed by atoms with van der Waals surface area (Å²) < 4.78 is 0. The number of amides is 1. The van der Waals surface area contributed by atoms with Crippen LogP contribution in [0.3, 0.4) is 0 Å². The number of aliphatic imine (C=N–C) groups is 1. The average Bonchev–Trinajstić information content (AvgIpc) is 2.84. The van der Waals surface area contributed by atoms with E-state index in [2.05, 4.69) is 17.4 Å². The van der Waals surface area contributed by atoms with Crippen molar-refractivity contribution >= 4 is 29.1 Å². The van der Waals surface area contributed by atoms with Crippen LogP contribution in [0, 0.1) is 0 Å². The lowest BCUT2D eigenvalue weighted by Crippen LogP contribution is -2.26. The molecule has 1 N–H and O–H groups in total. The van der Waals surface area contributed by atoms with Gasteiger partial charge in [0, 0.05) is 26.6 Å². The smallest absolute Gasteiger partial charge is 0.251 e. The van der Waals surface area contributed by atoms with Crippen molar-refractivity contribution in [1.82, 2.24) is 5.32 Å². The molecule has 0 aliphatic carbocycles. The van der Waals surface area contributed by atoms with E-state index in [0.717, 1.165) is 27.4 Å². The minimum absolute atomic E-state index is 0.0543. The van der Waals surface area contributed by atoms with E-state index < -0.39 is 0 Å². The second kappa shape index (κ2) is 7.41. The number of nitrogens with one attached hydrogen (secondary N) is 1. The predicted molar refractivity (Wildman–Crippen MR) is 111 cm³/mol. The third kappa shape index (κ3) is 3.67. The molecule has 134 valence electrons. The van der Waals surface area contributed by atoms with Gasteiger partial charge in [-0.15, -0.1) is 0 Å². The molecule has 0 fully saturated rings. The lowest BCUT2D eigenvalue weighted by molar-refractivity contribution is 0.0940. The topological polar surface area (TPSA) is 41.5 Å². The van der Waals surface area contributed by atoms with Crippen LogP contribution in [-0.4, -0.2) is 11.6 Å². The first-order chi connectivity index (χ1) is 13.1. The number of rotatable bonds is 3. The van der Waals surface area contributed by atoms with E-state index in [1.165, 1.54) is 4.90 Å². The van der Waals surface area contributed by atoms with Gasteiger partial charge in [0.05, 0.1) is 11.7 Å². The number of carbonyl (C=O) groups excluding carboxylic acids is 1. The van der Waals surface area contributed by atoms with Crippen LogP contribution in [0.15, 0.2) is 87.6 Å². The molecule has 27 heavy (non-hydrogen) atoms. The molecule has 1 aliphatic heterocycles. The van der Waals surface area contributed by atoms with E-state index in [-0.39, 0.29) is 11.9 Å². The molecular weight excluding hydrogens is 352 g/mol. The zero-order valence-corrected chi connectivity index (χ0v) is 16.1. The minimum Gasteiger partial charge on any atom is -0.346 e. The molecule has 0 saturated carbocycles. The van der Waals surface area contributed by atoms with Gasteiger partial charge in [0.1, 0.15) is 0 Å². The van der Waals surface area contributed by atoms with Gasteiger partial charge in [-0.3, -0.25) is 9.79 Å². The van der Waals surface area contributed by atoms with Crippen LogP contribution < -0.4 is 5.32 Å². The van der Waals surface area contributed by atoms with E-state index in [0.29, 0.717) is 5.56 Å². The van der Waals surface area contributed by atoms with Crippen LogP contribution in [0.25, 0.3) is 0 Å². The number of hydrogen-bond donors (Lipinski definition) is 1. The van der Waals surface area contributed by atoms with Gasteiger partial charge in [-0.1, -0.05) is 60.3 Å². The summed E-state index contributed by atoms with van der Waals surface area (Å²) in [5, 5.41) is 3.07. The van der Waals surface area contributed by atoms with Crippen molar-refractivity contribution in [1.29, 1.82) is 0 Å². The first-order valence-corrected chi connectivity index (χ1v) is 9.76. The first kappa shape index (κ1) is 17.6. The summed E-state index contributed by atoms with van der Waals surface area (Å²) in [6.45, 7) is 4.00. The van der Waals surface area contributed by atoms with Gasteiger partial charge >= 0.3 is 0 Å². The van der Waals surface area contributed by atoms with Crippen LogP contribution in [0.4, 0.5) is 5.69 Å². The van der Waals surface area contributed by atoms with Gasteiger partial charge in [0.2, 0.25) is 0 Å². The zero-order chi connectivity index (χ0) is 18.8. The molecule has 3 aromatic rings. The van der Waals surface area contributed by atoms with Gasteiger partial charge in [-0.05, 0) is 43.7 Å². The lowest BCUT2D eigenvalue weighted by Gasteiger charge is -2.15. The van der Waals surface area contributed by atoms with Crippen molar-refractivity contribution < 1.29 is 4.79 Å². The van der Waals surface area contributed by atoms with Gasteiger partial charge in [-0.25, -0.2) is 0 Å². The van der Waals surface area contributed by atoms with Gasteiger partial charge in [0.25, 0.3) is 5.91 Å². The highest BCUT2D eigenvalue weighted by atomic mass is 32.2. The molecule has 0 spiro atoms. The quantitative estimate of drug-likeness (QED) is 0.633. The van der Waals surface area contributed by atoms with E-state index in [4.69, 9.17) is 4.99 Å². The maximum Gasteiger partial charge on any atom is 0.251 e. The van der Waals surface area contributed by atoms with Crippen molar-refractivity contribution in [2.24, 2.45) is 4.99 Å². The molecule has 3 nitrogen and oxygen atoms in total. The Balaban J connectivity index is 1.61. The van der Waals surface area contributed by atoms with Crippen LogP contribution in [0.5, 0.6) is 0 Å². The second-order valence-electron chi connectivity index (χ2n) is 6.58. The summed E-state index contributed by atoms with van der Waals surface area (Å²) >= 11 is 1.69. The molecular formula is C23H20N2OS. The van der Waals surface area contributed by atoms with Gasteiger partial charge in [0.15, 0.2) is 0 Å². The van der Waals surface area contributed by atoms with Crippen molar-refractivity contribution in [3.63, 3.8) is 0 Å². The molecule has 0 aromatic heterocycles. The Hall–Kier alpha value is -2.85. The summed E-state index contributed by atoms with van der Waals surface area (Å²) in [5.74, 6) is -0.0891. The Morgan fingerprint density at radius 2 is 1.70 bits per heavy atom. The molecule has 1 amide bonds. The molecule has 0 unspecified atom stereocenters. The fourth-order valence-corrected chi connectivity index (χ4v) is 4.21. The van der Waals surface area contributed by atoms with Crippen molar-refractivity contribution in [3.05, 3.63) is 89.5 Å². The maximum atomic E-state index is 12.7. The van der Waals surface area contributed by atoms with Crippen LogP contribution in [0.1, 0.15) is 41.4 Å². The fourth-order valence-electron chi connectivity index (χ4n) is 3.15. The predicted octanol–water partition coefficient (Wildman–Crippen LogP) is 5.78. The number of benzene rings is 3. The number of carbonyl (C=O) groups is 1. The van der Waals surface area contributed by atoms with Crippen LogP contribution in [0.2, 0.25) is 0 Å². The second-order valence-corrected chi connectivity index (χ2v) is 7.67. The van der Waals surface area contributed by atoms with Crippen molar-refractivity contribution in [3.8, 4) is 0 Å².